The zero-order valence-corrected chi connectivity index (χ0v) is 10.5. The lowest BCUT2D eigenvalue weighted by Gasteiger charge is -2.19. The van der Waals surface area contributed by atoms with Crippen molar-refractivity contribution in [2.45, 2.75) is 19.4 Å². The smallest absolute Gasteiger partial charge is 0.356 e. The van der Waals surface area contributed by atoms with E-state index in [0.717, 1.165) is 12.0 Å². The maximum absolute atomic E-state index is 11.7. The molecule has 0 radical (unpaired) electrons. The van der Waals surface area contributed by atoms with Gasteiger partial charge in [-0.1, -0.05) is 37.3 Å². The molecule has 1 aromatic heterocycles. The first-order valence-corrected chi connectivity index (χ1v) is 5.93. The maximum Gasteiger partial charge on any atom is 0.356 e. The van der Waals surface area contributed by atoms with Crippen LogP contribution in [-0.2, 0) is 4.74 Å². The van der Waals surface area contributed by atoms with E-state index in [9.17, 15) is 4.79 Å². The molecule has 0 aliphatic heterocycles. The van der Waals surface area contributed by atoms with E-state index in [0.29, 0.717) is 5.69 Å². The summed E-state index contributed by atoms with van der Waals surface area (Å²) in [6.45, 7) is 2.08. The van der Waals surface area contributed by atoms with E-state index >= 15 is 0 Å². The van der Waals surface area contributed by atoms with Crippen LogP contribution in [0.1, 0.15) is 35.4 Å². The van der Waals surface area contributed by atoms with Crippen molar-refractivity contribution in [1.29, 1.82) is 0 Å². The number of rotatable bonds is 4. The lowest BCUT2D eigenvalue weighted by molar-refractivity contribution is 0.0587. The summed E-state index contributed by atoms with van der Waals surface area (Å²) in [6.07, 6.45) is 4.09. The van der Waals surface area contributed by atoms with Gasteiger partial charge in [0.15, 0.2) is 0 Å². The number of carbonyl (C=O) groups is 1. The lowest BCUT2D eigenvalue weighted by Crippen LogP contribution is -2.16. The second kappa shape index (κ2) is 5.49. The van der Waals surface area contributed by atoms with Crippen LogP contribution in [-0.4, -0.2) is 22.6 Å². The third-order valence-electron chi connectivity index (χ3n) is 2.97. The first kappa shape index (κ1) is 12.4. The van der Waals surface area contributed by atoms with E-state index in [1.54, 1.807) is 6.33 Å². The van der Waals surface area contributed by atoms with E-state index < -0.39 is 0 Å². The Hall–Kier alpha value is -2.10. The number of ether oxygens (including phenoxy) is 1. The maximum atomic E-state index is 11.7. The van der Waals surface area contributed by atoms with Crippen LogP contribution in [0.4, 0.5) is 0 Å². The van der Waals surface area contributed by atoms with E-state index in [1.165, 1.54) is 13.3 Å². The molecule has 0 saturated carbocycles. The molecule has 0 N–H and O–H groups in total. The van der Waals surface area contributed by atoms with Crippen LogP contribution in [0.25, 0.3) is 0 Å². The number of benzene rings is 1. The molecule has 0 aliphatic rings. The van der Waals surface area contributed by atoms with Gasteiger partial charge in [-0.2, -0.15) is 0 Å². The minimum Gasteiger partial charge on any atom is -0.464 e. The number of aromatic nitrogens is 2. The number of nitrogens with zero attached hydrogens (tertiary/aromatic N) is 2. The summed E-state index contributed by atoms with van der Waals surface area (Å²) in [6, 6.07) is 10.2. The Labute approximate surface area is 106 Å². The number of hydrogen-bond acceptors (Lipinski definition) is 3. The Bertz CT molecular complexity index is 520. The van der Waals surface area contributed by atoms with Crippen molar-refractivity contribution in [3.8, 4) is 0 Å². The molecule has 0 aliphatic carbocycles. The highest BCUT2D eigenvalue weighted by molar-refractivity contribution is 5.87. The monoisotopic (exact) mass is 244 g/mol. The van der Waals surface area contributed by atoms with Gasteiger partial charge in [0, 0.05) is 0 Å². The lowest BCUT2D eigenvalue weighted by atomic mass is 10.0. The number of methoxy groups -OCH3 is 1. The molecule has 4 heteroatoms. The van der Waals surface area contributed by atoms with Gasteiger partial charge >= 0.3 is 5.97 Å². The fourth-order valence-corrected chi connectivity index (χ4v) is 2.08. The summed E-state index contributed by atoms with van der Waals surface area (Å²) in [5, 5.41) is 0. The molecule has 0 fully saturated rings. The highest BCUT2D eigenvalue weighted by Gasteiger charge is 2.19. The number of esters is 1. The Balaban J connectivity index is 2.40. The number of hydrogen-bond donors (Lipinski definition) is 0. The van der Waals surface area contributed by atoms with E-state index in [4.69, 9.17) is 4.74 Å². The van der Waals surface area contributed by atoms with Crippen LogP contribution in [0, 0.1) is 0 Å². The van der Waals surface area contributed by atoms with Crippen LogP contribution in [0.3, 0.4) is 0 Å². The van der Waals surface area contributed by atoms with Gasteiger partial charge in [0.05, 0.1) is 25.7 Å². The molecule has 0 amide bonds. The second-order valence-corrected chi connectivity index (χ2v) is 4.01. The Morgan fingerprint density at radius 1 is 1.39 bits per heavy atom. The van der Waals surface area contributed by atoms with Crippen molar-refractivity contribution in [3.63, 3.8) is 0 Å². The highest BCUT2D eigenvalue weighted by Crippen LogP contribution is 2.23. The fourth-order valence-electron chi connectivity index (χ4n) is 2.08. The van der Waals surface area contributed by atoms with Crippen LogP contribution in [0.5, 0.6) is 0 Å². The van der Waals surface area contributed by atoms with Crippen LogP contribution < -0.4 is 0 Å². The van der Waals surface area contributed by atoms with Gasteiger partial charge in [-0.15, -0.1) is 0 Å². The normalized spacial score (nSPS) is 12.1. The predicted molar refractivity (Wildman–Crippen MR) is 68.4 cm³/mol. The van der Waals surface area contributed by atoms with Gasteiger partial charge in [-0.25, -0.2) is 9.78 Å². The third kappa shape index (κ3) is 2.27. The summed E-state index contributed by atoms with van der Waals surface area (Å²) >= 11 is 0. The molecule has 0 saturated heterocycles. The van der Waals surface area contributed by atoms with Gasteiger partial charge in [0.2, 0.25) is 0 Å². The van der Waals surface area contributed by atoms with E-state index in [1.807, 2.05) is 22.8 Å². The van der Waals surface area contributed by atoms with E-state index in [2.05, 4.69) is 24.0 Å². The zero-order chi connectivity index (χ0) is 13.0. The van der Waals surface area contributed by atoms with Gasteiger partial charge in [-0.05, 0) is 12.0 Å². The summed E-state index contributed by atoms with van der Waals surface area (Å²) in [5.74, 6) is -0.359. The molecule has 1 atom stereocenters. The van der Waals surface area contributed by atoms with Crippen molar-refractivity contribution in [1.82, 2.24) is 9.55 Å². The van der Waals surface area contributed by atoms with Crippen molar-refractivity contribution < 1.29 is 9.53 Å². The van der Waals surface area contributed by atoms with Crippen molar-refractivity contribution in [3.05, 3.63) is 54.1 Å². The summed E-state index contributed by atoms with van der Waals surface area (Å²) < 4.78 is 6.63. The minimum atomic E-state index is -0.359. The molecular formula is C14H16N2O2. The highest BCUT2D eigenvalue weighted by atomic mass is 16.5. The van der Waals surface area contributed by atoms with Crippen molar-refractivity contribution in [2.75, 3.05) is 7.11 Å². The van der Waals surface area contributed by atoms with Crippen molar-refractivity contribution in [2.24, 2.45) is 0 Å². The van der Waals surface area contributed by atoms with Gasteiger partial charge in [0.1, 0.15) is 5.69 Å². The molecule has 2 rings (SSSR count). The molecule has 1 heterocycles. The predicted octanol–water partition coefficient (Wildman–Crippen LogP) is 2.67. The SMILES string of the molecule is CC[C@@H](c1ccccc1)n1cncc1C(=O)OC. The topological polar surface area (TPSA) is 44.1 Å². The largest absolute Gasteiger partial charge is 0.464 e. The van der Waals surface area contributed by atoms with Gasteiger partial charge in [-0.3, -0.25) is 0 Å². The third-order valence-corrected chi connectivity index (χ3v) is 2.97. The molecule has 18 heavy (non-hydrogen) atoms. The summed E-state index contributed by atoms with van der Waals surface area (Å²) in [7, 11) is 1.38. The number of imidazole rings is 1. The van der Waals surface area contributed by atoms with Crippen LogP contribution >= 0.6 is 0 Å². The van der Waals surface area contributed by atoms with Crippen LogP contribution in [0.15, 0.2) is 42.9 Å². The molecule has 4 nitrogen and oxygen atoms in total. The van der Waals surface area contributed by atoms with E-state index in [-0.39, 0.29) is 12.0 Å². The average Bonchev–Trinajstić information content (AvgIpc) is 2.89. The number of carbonyl (C=O) groups excluding carboxylic acids is 1. The molecule has 2 aromatic rings. The first-order chi connectivity index (χ1) is 8.77. The first-order valence-electron chi connectivity index (χ1n) is 5.93. The molecule has 1 aromatic carbocycles. The summed E-state index contributed by atoms with van der Waals surface area (Å²) in [4.78, 5) is 15.7. The molecule has 0 spiro atoms. The molecule has 0 bridgehead atoms. The second-order valence-electron chi connectivity index (χ2n) is 4.01. The minimum absolute atomic E-state index is 0.0998. The average molecular weight is 244 g/mol. The quantitative estimate of drug-likeness (QED) is 0.777. The Morgan fingerprint density at radius 3 is 2.72 bits per heavy atom. The van der Waals surface area contributed by atoms with Crippen LogP contribution in [0.2, 0.25) is 0 Å². The standard InChI is InChI=1S/C14H16N2O2/c1-3-12(11-7-5-4-6-8-11)16-10-15-9-13(16)14(17)18-2/h4-10,12H,3H2,1-2H3/t12-/m0/s1. The molecular weight excluding hydrogens is 228 g/mol. The van der Waals surface area contributed by atoms with Gasteiger partial charge < -0.3 is 9.30 Å². The molecule has 94 valence electrons. The fraction of sp³-hybridized carbons (Fsp3) is 0.286. The Kier molecular flexibility index (Phi) is 3.77. The molecule has 0 unspecified atom stereocenters. The van der Waals surface area contributed by atoms with Crippen molar-refractivity contribution >= 4 is 5.97 Å². The summed E-state index contributed by atoms with van der Waals surface area (Å²) in [5.41, 5.74) is 1.64. The van der Waals surface area contributed by atoms with Gasteiger partial charge in [0.25, 0.3) is 0 Å². The zero-order valence-electron chi connectivity index (χ0n) is 10.5. The Morgan fingerprint density at radius 2 is 2.11 bits per heavy atom.